The highest BCUT2D eigenvalue weighted by Gasteiger charge is 2.37. The Kier molecular flexibility index (Phi) is 5.74. The summed E-state index contributed by atoms with van der Waals surface area (Å²) in [5.41, 5.74) is -0.0642. The molecule has 0 aromatic heterocycles. The largest absolute Gasteiger partial charge is 0.444 e. The first-order valence-electron chi connectivity index (χ1n) is 7.97. The maximum absolute atomic E-state index is 13.3. The number of likely N-dealkylation sites (tertiary alicyclic amines) is 1. The number of amides is 1. The quantitative estimate of drug-likeness (QED) is 0.631. The van der Waals surface area contributed by atoms with E-state index in [9.17, 15) is 14.4 Å². The number of carbonyl (C=O) groups is 1. The lowest BCUT2D eigenvalue weighted by Gasteiger charge is -2.38. The number of hydrogen-bond donors (Lipinski definition) is 0. The van der Waals surface area contributed by atoms with Crippen molar-refractivity contribution in [3.63, 3.8) is 0 Å². The Hall–Kier alpha value is -1.36. The molecule has 4 nitrogen and oxygen atoms in total. The van der Waals surface area contributed by atoms with Gasteiger partial charge in [0.2, 0.25) is 0 Å². The Morgan fingerprint density at radius 1 is 1.42 bits per heavy atom. The minimum atomic E-state index is -0.523. The lowest BCUT2D eigenvalue weighted by molar-refractivity contribution is 0.0148. The number of hydrogen-bond acceptors (Lipinski definition) is 3. The lowest BCUT2D eigenvalue weighted by atomic mass is 9.75. The van der Waals surface area contributed by atoms with Crippen LogP contribution in [-0.4, -0.2) is 29.7 Å². The van der Waals surface area contributed by atoms with Crippen LogP contribution in [0.2, 0.25) is 0 Å². The van der Waals surface area contributed by atoms with Crippen LogP contribution in [0.5, 0.6) is 0 Å². The van der Waals surface area contributed by atoms with Gasteiger partial charge in [-0.2, -0.15) is 5.26 Å². The maximum Gasteiger partial charge on any atom is 0.410 e. The van der Waals surface area contributed by atoms with E-state index in [1.165, 1.54) is 12.1 Å². The molecule has 0 atom stereocenters. The van der Waals surface area contributed by atoms with Gasteiger partial charge in [0.1, 0.15) is 11.4 Å². The van der Waals surface area contributed by atoms with Gasteiger partial charge in [-0.05, 0) is 80.3 Å². The van der Waals surface area contributed by atoms with Crippen LogP contribution in [0.15, 0.2) is 18.2 Å². The SMILES string of the molecule is CC(C)(C)OC(=O)N1CCC(C#N)(Cc2ccc(F)cc2I)CC1. The van der Waals surface area contributed by atoms with Crippen LogP contribution in [0.25, 0.3) is 0 Å². The number of benzene rings is 1. The van der Waals surface area contributed by atoms with Crippen LogP contribution in [-0.2, 0) is 11.2 Å². The molecule has 0 saturated carbocycles. The van der Waals surface area contributed by atoms with E-state index in [1.54, 1.807) is 11.0 Å². The van der Waals surface area contributed by atoms with Crippen molar-refractivity contribution in [1.82, 2.24) is 4.90 Å². The van der Waals surface area contributed by atoms with Gasteiger partial charge in [-0.1, -0.05) is 6.07 Å². The molecule has 1 aromatic rings. The molecular formula is C18H22FIN2O2. The summed E-state index contributed by atoms with van der Waals surface area (Å²) < 4.78 is 19.5. The zero-order chi connectivity index (χ0) is 18.0. The second-order valence-corrected chi connectivity index (χ2v) is 8.43. The van der Waals surface area contributed by atoms with Gasteiger partial charge in [0.15, 0.2) is 0 Å². The molecule has 0 N–H and O–H groups in total. The van der Waals surface area contributed by atoms with Gasteiger partial charge in [-0.15, -0.1) is 0 Å². The standard InChI is InChI=1S/C18H22FIN2O2/c1-17(2,3)24-16(23)22-8-6-18(12-21,7-9-22)11-13-4-5-14(19)10-15(13)20/h4-5,10H,6-9,11H2,1-3H3. The highest BCUT2D eigenvalue weighted by Crippen LogP contribution is 2.36. The smallest absolute Gasteiger partial charge is 0.410 e. The third kappa shape index (κ3) is 4.82. The molecule has 1 heterocycles. The van der Waals surface area contributed by atoms with Crippen molar-refractivity contribution in [2.75, 3.05) is 13.1 Å². The molecular weight excluding hydrogens is 422 g/mol. The number of ether oxygens (including phenoxy) is 1. The normalized spacial score (nSPS) is 17.2. The first-order valence-corrected chi connectivity index (χ1v) is 9.05. The number of carbonyl (C=O) groups excluding carboxylic acids is 1. The van der Waals surface area contributed by atoms with E-state index in [2.05, 4.69) is 28.7 Å². The van der Waals surface area contributed by atoms with Crippen molar-refractivity contribution in [3.8, 4) is 6.07 Å². The van der Waals surface area contributed by atoms with Crippen LogP contribution < -0.4 is 0 Å². The summed E-state index contributed by atoms with van der Waals surface area (Å²) in [6.45, 7) is 6.52. The summed E-state index contributed by atoms with van der Waals surface area (Å²) >= 11 is 2.10. The van der Waals surface area contributed by atoms with E-state index in [0.717, 1.165) is 9.13 Å². The van der Waals surface area contributed by atoms with Crippen LogP contribution >= 0.6 is 22.6 Å². The van der Waals surface area contributed by atoms with Crippen molar-refractivity contribution in [1.29, 1.82) is 5.26 Å². The molecule has 0 unspecified atom stereocenters. The molecule has 6 heteroatoms. The molecule has 1 aliphatic heterocycles. The van der Waals surface area contributed by atoms with Crippen molar-refractivity contribution in [2.45, 2.75) is 45.6 Å². The Bertz CT molecular complexity index is 656. The Labute approximate surface area is 156 Å². The second kappa shape index (κ2) is 7.26. The van der Waals surface area contributed by atoms with Gasteiger partial charge in [0.05, 0.1) is 11.5 Å². The zero-order valence-electron chi connectivity index (χ0n) is 14.2. The van der Waals surface area contributed by atoms with Crippen molar-refractivity contribution in [3.05, 3.63) is 33.1 Å². The molecule has 1 amide bonds. The minimum Gasteiger partial charge on any atom is -0.444 e. The molecule has 1 saturated heterocycles. The average Bonchev–Trinajstić information content (AvgIpc) is 2.49. The molecule has 24 heavy (non-hydrogen) atoms. The summed E-state index contributed by atoms with van der Waals surface area (Å²) in [4.78, 5) is 13.8. The summed E-state index contributed by atoms with van der Waals surface area (Å²) in [5.74, 6) is -0.270. The fourth-order valence-electron chi connectivity index (χ4n) is 2.80. The number of halogens is 2. The molecule has 0 bridgehead atoms. The third-order valence-electron chi connectivity index (χ3n) is 4.15. The predicted molar refractivity (Wildman–Crippen MR) is 97.9 cm³/mol. The van der Waals surface area contributed by atoms with Crippen molar-refractivity contribution >= 4 is 28.7 Å². The number of piperidine rings is 1. The van der Waals surface area contributed by atoms with Crippen LogP contribution in [0.1, 0.15) is 39.2 Å². The van der Waals surface area contributed by atoms with E-state index >= 15 is 0 Å². The maximum atomic E-state index is 13.3. The van der Waals surface area contributed by atoms with Crippen molar-refractivity contribution < 1.29 is 13.9 Å². The third-order valence-corrected chi connectivity index (χ3v) is 5.16. The van der Waals surface area contributed by atoms with Crippen LogP contribution in [0.3, 0.4) is 0 Å². The molecule has 0 spiro atoms. The molecule has 0 aliphatic carbocycles. The number of nitrogens with zero attached hydrogens (tertiary/aromatic N) is 2. The van der Waals surface area contributed by atoms with Crippen molar-refractivity contribution in [2.24, 2.45) is 5.41 Å². The molecule has 1 aliphatic rings. The first-order chi connectivity index (χ1) is 11.1. The average molecular weight is 444 g/mol. The van der Waals surface area contributed by atoms with Crippen LogP contribution in [0, 0.1) is 26.1 Å². The molecule has 1 aromatic carbocycles. The van der Waals surface area contributed by atoms with Gasteiger partial charge in [-0.3, -0.25) is 0 Å². The summed E-state index contributed by atoms with van der Waals surface area (Å²) in [7, 11) is 0. The van der Waals surface area contributed by atoms with Gasteiger partial charge in [0.25, 0.3) is 0 Å². The lowest BCUT2D eigenvalue weighted by Crippen LogP contribution is -2.45. The predicted octanol–water partition coefficient (Wildman–Crippen LogP) is 4.51. The molecule has 130 valence electrons. The Morgan fingerprint density at radius 3 is 2.54 bits per heavy atom. The van der Waals surface area contributed by atoms with Gasteiger partial charge >= 0.3 is 6.09 Å². The zero-order valence-corrected chi connectivity index (χ0v) is 16.4. The molecule has 1 fully saturated rings. The Balaban J connectivity index is 2.04. The van der Waals surface area contributed by atoms with Gasteiger partial charge in [-0.25, -0.2) is 9.18 Å². The van der Waals surface area contributed by atoms with E-state index in [-0.39, 0.29) is 11.9 Å². The van der Waals surface area contributed by atoms with E-state index in [4.69, 9.17) is 4.74 Å². The van der Waals surface area contributed by atoms with Gasteiger partial charge < -0.3 is 9.64 Å². The second-order valence-electron chi connectivity index (χ2n) is 7.27. The highest BCUT2D eigenvalue weighted by atomic mass is 127. The van der Waals surface area contributed by atoms with E-state index in [1.807, 2.05) is 20.8 Å². The van der Waals surface area contributed by atoms with Crippen LogP contribution in [0.4, 0.5) is 9.18 Å². The van der Waals surface area contributed by atoms with Gasteiger partial charge in [0, 0.05) is 16.7 Å². The summed E-state index contributed by atoms with van der Waals surface area (Å²) in [5, 5.41) is 9.70. The summed E-state index contributed by atoms with van der Waals surface area (Å²) in [6, 6.07) is 7.10. The van der Waals surface area contributed by atoms with E-state index in [0.29, 0.717) is 32.4 Å². The monoisotopic (exact) mass is 444 g/mol. The topological polar surface area (TPSA) is 53.3 Å². The first kappa shape index (κ1) is 19.0. The fraction of sp³-hybridized carbons (Fsp3) is 0.556. The fourth-order valence-corrected chi connectivity index (χ4v) is 3.47. The van der Waals surface area contributed by atoms with E-state index < -0.39 is 11.0 Å². The Morgan fingerprint density at radius 2 is 2.04 bits per heavy atom. The molecule has 2 rings (SSSR count). The summed E-state index contributed by atoms with van der Waals surface area (Å²) in [6.07, 6.45) is 1.43. The number of nitriles is 1. The minimum absolute atomic E-state index is 0.270. The number of rotatable bonds is 2. The molecule has 0 radical (unpaired) electrons. The highest BCUT2D eigenvalue weighted by molar-refractivity contribution is 14.1.